The summed E-state index contributed by atoms with van der Waals surface area (Å²) in [5.41, 5.74) is 1.05. The summed E-state index contributed by atoms with van der Waals surface area (Å²) in [6.07, 6.45) is 3.72. The minimum Gasteiger partial charge on any atom is -0.512 e. The van der Waals surface area contributed by atoms with Crippen LogP contribution in [0.15, 0.2) is 27.2 Å². The number of rotatable bonds is 3. The topological polar surface area (TPSA) is 95.5 Å². The van der Waals surface area contributed by atoms with E-state index in [1.165, 1.54) is 26.1 Å². The summed E-state index contributed by atoms with van der Waals surface area (Å²) in [5, 5.41) is 18.7. The Balaban J connectivity index is 2.54. The molecule has 0 aromatic carbocycles. The van der Waals surface area contributed by atoms with Crippen molar-refractivity contribution in [3.8, 4) is 6.07 Å². The fourth-order valence-corrected chi connectivity index (χ4v) is 2.52. The first kappa shape index (κ1) is 15.7. The van der Waals surface area contributed by atoms with Crippen LogP contribution in [0.4, 0.5) is 5.69 Å². The highest BCUT2D eigenvalue weighted by molar-refractivity contribution is 6.12. The lowest BCUT2D eigenvalue weighted by molar-refractivity contribution is -0.113. The van der Waals surface area contributed by atoms with Gasteiger partial charge in [0.15, 0.2) is 5.78 Å². The highest BCUT2D eigenvalue weighted by Gasteiger charge is 2.17. The second-order valence-corrected chi connectivity index (χ2v) is 5.23. The molecule has 1 N–H and O–H groups in total. The van der Waals surface area contributed by atoms with E-state index in [0.717, 1.165) is 18.5 Å². The van der Waals surface area contributed by atoms with E-state index < -0.39 is 0 Å². The van der Waals surface area contributed by atoms with Gasteiger partial charge in [-0.05, 0) is 39.2 Å². The van der Waals surface area contributed by atoms with Gasteiger partial charge in [0.05, 0.1) is 11.1 Å². The Morgan fingerprint density at radius 1 is 1.45 bits per heavy atom. The lowest BCUT2D eigenvalue weighted by Gasteiger charge is -2.19. The van der Waals surface area contributed by atoms with Gasteiger partial charge in [0, 0.05) is 18.5 Å². The molecule has 0 bridgehead atoms. The van der Waals surface area contributed by atoms with Crippen LogP contribution in [0.3, 0.4) is 0 Å². The van der Waals surface area contributed by atoms with Crippen LogP contribution in [0.2, 0.25) is 0 Å². The van der Waals surface area contributed by atoms with Crippen LogP contribution in [0.5, 0.6) is 0 Å². The molecule has 0 aliphatic carbocycles. The van der Waals surface area contributed by atoms with Crippen LogP contribution in [-0.4, -0.2) is 21.7 Å². The van der Waals surface area contributed by atoms with E-state index in [-0.39, 0.29) is 28.4 Å². The molecule has 2 rings (SSSR count). The van der Waals surface area contributed by atoms with E-state index in [1.807, 2.05) is 0 Å². The zero-order valence-corrected chi connectivity index (χ0v) is 12.6. The molecule has 0 fully saturated rings. The van der Waals surface area contributed by atoms with E-state index in [9.17, 15) is 20.0 Å². The number of carbonyl (C=O) groups is 1. The third-order valence-corrected chi connectivity index (χ3v) is 3.65. The minimum absolute atomic E-state index is 0.0422. The molecule has 0 atom stereocenters. The Labute approximate surface area is 128 Å². The average Bonchev–Trinajstić information content (AvgIpc) is 2.49. The fraction of sp³-hybridized carbons (Fsp3) is 0.375. The van der Waals surface area contributed by atoms with Crippen molar-refractivity contribution >= 4 is 17.7 Å². The van der Waals surface area contributed by atoms with Crippen molar-refractivity contribution in [2.75, 3.05) is 0 Å². The number of nitrogens with zero attached hydrogens (tertiary/aromatic N) is 3. The van der Waals surface area contributed by atoms with Crippen molar-refractivity contribution in [1.29, 1.82) is 5.26 Å². The average molecular weight is 299 g/mol. The number of allylic oxidation sites excluding steroid dienone is 2. The van der Waals surface area contributed by atoms with Crippen LogP contribution in [0.1, 0.15) is 37.9 Å². The predicted octanol–water partition coefficient (Wildman–Crippen LogP) is 2.18. The Bertz CT molecular complexity index is 775. The van der Waals surface area contributed by atoms with E-state index in [0.29, 0.717) is 18.5 Å². The number of aliphatic imine (C=N–C) groups is 1. The lowest BCUT2D eigenvalue weighted by Crippen LogP contribution is -2.27. The van der Waals surface area contributed by atoms with Gasteiger partial charge in [0.1, 0.15) is 17.5 Å². The maximum absolute atomic E-state index is 12.4. The lowest BCUT2D eigenvalue weighted by atomic mass is 10.0. The second kappa shape index (κ2) is 6.39. The van der Waals surface area contributed by atoms with Crippen molar-refractivity contribution in [1.82, 2.24) is 4.57 Å². The Kier molecular flexibility index (Phi) is 4.56. The molecule has 1 aromatic heterocycles. The van der Waals surface area contributed by atoms with E-state index in [4.69, 9.17) is 0 Å². The normalized spacial score (nSPS) is 15.1. The van der Waals surface area contributed by atoms with Crippen LogP contribution in [0, 0.1) is 11.3 Å². The van der Waals surface area contributed by atoms with Crippen molar-refractivity contribution in [3.63, 3.8) is 0 Å². The Morgan fingerprint density at radius 3 is 2.77 bits per heavy atom. The second-order valence-electron chi connectivity index (χ2n) is 5.23. The summed E-state index contributed by atoms with van der Waals surface area (Å²) in [4.78, 5) is 27.8. The third kappa shape index (κ3) is 2.98. The number of hydrogen-bond acceptors (Lipinski definition) is 5. The standard InChI is InChI=1S/C16H17N3O3/c1-10(20)13(11(2)21)9-18-14-7-12(8-17)15-5-3-4-6-19(15)16(14)22/h7,9,20H,3-6H2,1-2H3/b13-10+,18-9?. The van der Waals surface area contributed by atoms with Gasteiger partial charge in [-0.3, -0.25) is 14.6 Å². The molecule has 0 radical (unpaired) electrons. The van der Waals surface area contributed by atoms with E-state index in [2.05, 4.69) is 11.1 Å². The van der Waals surface area contributed by atoms with Crippen LogP contribution >= 0.6 is 0 Å². The van der Waals surface area contributed by atoms with Crippen LogP contribution < -0.4 is 5.56 Å². The Morgan fingerprint density at radius 2 is 2.18 bits per heavy atom. The van der Waals surface area contributed by atoms with Crippen molar-refractivity contribution in [2.24, 2.45) is 4.99 Å². The van der Waals surface area contributed by atoms with Gasteiger partial charge in [-0.1, -0.05) is 0 Å². The van der Waals surface area contributed by atoms with Crippen LogP contribution in [0.25, 0.3) is 0 Å². The number of aliphatic hydroxyl groups excluding tert-OH is 1. The summed E-state index contributed by atoms with van der Waals surface area (Å²) in [6, 6.07) is 3.54. The number of Topliss-reactive ketones (excluding diaryl/α,β-unsaturated/α-hetero) is 1. The number of aromatic nitrogens is 1. The number of ketones is 1. The molecule has 114 valence electrons. The number of aliphatic hydroxyl groups is 1. The predicted molar refractivity (Wildman–Crippen MR) is 82.5 cm³/mol. The molecule has 1 aliphatic rings. The van der Waals surface area contributed by atoms with Gasteiger partial charge < -0.3 is 9.67 Å². The molecule has 2 heterocycles. The number of nitriles is 1. The summed E-state index contributed by atoms with van der Waals surface area (Å²) in [7, 11) is 0. The number of fused-ring (bicyclic) bond motifs is 1. The maximum Gasteiger partial charge on any atom is 0.276 e. The summed E-state index contributed by atoms with van der Waals surface area (Å²) < 4.78 is 1.58. The largest absolute Gasteiger partial charge is 0.512 e. The molecular weight excluding hydrogens is 282 g/mol. The number of hydrogen-bond donors (Lipinski definition) is 1. The van der Waals surface area contributed by atoms with Gasteiger partial charge in [-0.2, -0.15) is 5.26 Å². The quantitative estimate of drug-likeness (QED) is 0.525. The highest BCUT2D eigenvalue weighted by atomic mass is 16.3. The molecule has 0 amide bonds. The number of carbonyl (C=O) groups excluding carboxylic acids is 1. The first-order valence-electron chi connectivity index (χ1n) is 7.07. The molecule has 6 heteroatoms. The first-order chi connectivity index (χ1) is 10.5. The summed E-state index contributed by atoms with van der Waals surface area (Å²) >= 11 is 0. The maximum atomic E-state index is 12.4. The molecule has 1 aromatic rings. The van der Waals surface area contributed by atoms with Gasteiger partial charge in [-0.15, -0.1) is 0 Å². The molecular formula is C16H17N3O3. The zero-order valence-electron chi connectivity index (χ0n) is 12.6. The molecule has 0 spiro atoms. The monoisotopic (exact) mass is 299 g/mol. The molecule has 0 unspecified atom stereocenters. The first-order valence-corrected chi connectivity index (χ1v) is 7.07. The molecule has 0 saturated carbocycles. The molecule has 22 heavy (non-hydrogen) atoms. The van der Waals surface area contributed by atoms with Gasteiger partial charge in [-0.25, -0.2) is 0 Å². The fourth-order valence-electron chi connectivity index (χ4n) is 2.52. The summed E-state index contributed by atoms with van der Waals surface area (Å²) in [5.74, 6) is -0.503. The van der Waals surface area contributed by atoms with E-state index in [1.54, 1.807) is 4.57 Å². The molecule has 1 aliphatic heterocycles. The van der Waals surface area contributed by atoms with Crippen molar-refractivity contribution in [3.05, 3.63) is 39.0 Å². The summed E-state index contributed by atoms with van der Waals surface area (Å²) in [6.45, 7) is 3.26. The number of pyridine rings is 1. The van der Waals surface area contributed by atoms with Gasteiger partial charge in [0.25, 0.3) is 5.56 Å². The van der Waals surface area contributed by atoms with Crippen molar-refractivity contribution < 1.29 is 9.90 Å². The minimum atomic E-state index is -0.345. The highest BCUT2D eigenvalue weighted by Crippen LogP contribution is 2.20. The SMILES string of the molecule is CC(=O)/C(C=Nc1cc(C#N)c2n(c1=O)CCCC2)=C(\C)O. The smallest absolute Gasteiger partial charge is 0.276 e. The van der Waals surface area contributed by atoms with E-state index >= 15 is 0 Å². The van der Waals surface area contributed by atoms with Crippen molar-refractivity contribution in [2.45, 2.75) is 39.7 Å². The Hall–Kier alpha value is -2.68. The van der Waals surface area contributed by atoms with Crippen LogP contribution in [-0.2, 0) is 17.8 Å². The molecule has 0 saturated heterocycles. The van der Waals surface area contributed by atoms with Gasteiger partial charge in [0.2, 0.25) is 0 Å². The molecule has 6 nitrogen and oxygen atoms in total. The third-order valence-electron chi connectivity index (χ3n) is 3.65. The van der Waals surface area contributed by atoms with Gasteiger partial charge >= 0.3 is 0 Å². The zero-order chi connectivity index (χ0) is 16.3.